The molecule has 0 bridgehead atoms. The molecule has 5 nitrogen and oxygen atoms in total. The molecule has 18 heavy (non-hydrogen) atoms. The molecule has 1 aromatic rings. The number of amides is 3. The van der Waals surface area contributed by atoms with E-state index in [1.165, 1.54) is 6.92 Å². The van der Waals surface area contributed by atoms with Gasteiger partial charge in [0.2, 0.25) is 12.2 Å². The van der Waals surface area contributed by atoms with E-state index in [9.17, 15) is 14.4 Å². The molecule has 0 saturated carbocycles. The van der Waals surface area contributed by atoms with Gasteiger partial charge in [0.05, 0.1) is 11.7 Å². The first kappa shape index (κ1) is 13.9. The fourth-order valence-corrected chi connectivity index (χ4v) is 1.39. The van der Waals surface area contributed by atoms with E-state index < -0.39 is 12.1 Å². The average molecular weight is 247 g/mol. The van der Waals surface area contributed by atoms with E-state index in [1.54, 1.807) is 43.5 Å². The summed E-state index contributed by atoms with van der Waals surface area (Å²) in [5.41, 5.74) is 0.472. The quantitative estimate of drug-likeness (QED) is 0.879. The minimum atomic E-state index is -0.756. The molecule has 0 aliphatic heterocycles. The number of hydrogen-bond acceptors (Lipinski definition) is 3. The summed E-state index contributed by atoms with van der Waals surface area (Å²) in [4.78, 5) is 35.1. The molecular weight excluding hydrogens is 232 g/mol. The predicted molar refractivity (Wildman–Crippen MR) is 67.9 cm³/mol. The Balaban J connectivity index is 2.96. The summed E-state index contributed by atoms with van der Waals surface area (Å²) >= 11 is 0. The molecule has 0 aromatic heterocycles. The van der Waals surface area contributed by atoms with Crippen LogP contribution in [0.25, 0.3) is 0 Å². The maximum atomic E-state index is 11.9. The molecule has 0 fully saturated rings. The van der Waals surface area contributed by atoms with Crippen molar-refractivity contribution in [3.63, 3.8) is 0 Å². The number of imide groups is 1. The average Bonchev–Trinajstić information content (AvgIpc) is 2.39. The summed E-state index contributed by atoms with van der Waals surface area (Å²) in [5, 5.41) is 2.39. The summed E-state index contributed by atoms with van der Waals surface area (Å²) < 4.78 is 0. The fourth-order valence-electron chi connectivity index (χ4n) is 1.39. The van der Waals surface area contributed by atoms with Gasteiger partial charge in [-0.25, -0.2) is 9.69 Å². The maximum absolute atomic E-state index is 11.9. The van der Waals surface area contributed by atoms with Gasteiger partial charge in [0.1, 0.15) is 0 Å². The van der Waals surface area contributed by atoms with Gasteiger partial charge in [0.25, 0.3) is 0 Å². The zero-order valence-corrected chi connectivity index (χ0v) is 10.3. The third-order valence-electron chi connectivity index (χ3n) is 2.29. The van der Waals surface area contributed by atoms with E-state index in [0.29, 0.717) is 5.69 Å². The molecule has 1 N–H and O–H groups in total. The monoisotopic (exact) mass is 247 g/mol. The number of carbonyl (C=O) groups excluding carboxylic acids is 3. The second-order valence-electron chi connectivity index (χ2n) is 3.71. The van der Waals surface area contributed by atoms with E-state index in [0.717, 1.165) is 4.90 Å². The smallest absolute Gasteiger partial charge is 0.327 e. The van der Waals surface area contributed by atoms with E-state index in [-0.39, 0.29) is 12.3 Å². The van der Waals surface area contributed by atoms with E-state index in [4.69, 9.17) is 0 Å². The lowest BCUT2D eigenvalue weighted by atomic mass is 10.2. The molecule has 1 aromatic carbocycles. The van der Waals surface area contributed by atoms with Crippen LogP contribution in [0.5, 0.6) is 0 Å². The third-order valence-corrected chi connectivity index (χ3v) is 2.29. The highest BCUT2D eigenvalue weighted by molar-refractivity contribution is 6.14. The normalized spacial score (nSPS) is 11.4. The van der Waals surface area contributed by atoms with Crippen LogP contribution in [0.2, 0.25) is 0 Å². The van der Waals surface area contributed by atoms with Gasteiger partial charge in [0.15, 0.2) is 0 Å². The molecule has 0 spiro atoms. The van der Waals surface area contributed by atoms with Gasteiger partial charge < -0.3 is 5.32 Å². The molecule has 0 aliphatic rings. The lowest BCUT2D eigenvalue weighted by Crippen LogP contribution is -2.47. The number of urea groups is 1. The molecule has 0 saturated heterocycles. The van der Waals surface area contributed by atoms with Gasteiger partial charge in [-0.1, -0.05) is 25.1 Å². The van der Waals surface area contributed by atoms with Crippen LogP contribution in [0.15, 0.2) is 30.3 Å². The van der Waals surface area contributed by atoms with Crippen molar-refractivity contribution in [1.82, 2.24) is 5.32 Å². The molecule has 0 aliphatic carbocycles. The number of hydrogen-bond donors (Lipinski definition) is 1. The zero-order chi connectivity index (χ0) is 13.5. The third kappa shape index (κ3) is 3.41. The minimum absolute atomic E-state index is 0.196. The van der Waals surface area contributed by atoms with Crippen molar-refractivity contribution >= 4 is 23.9 Å². The number of nitrogens with one attached hydrogen (secondary N) is 1. The minimum Gasteiger partial charge on any atom is -0.327 e. The van der Waals surface area contributed by atoms with Crippen molar-refractivity contribution in [3.05, 3.63) is 30.3 Å². The number of nitrogens with zero attached hydrogens (tertiary/aromatic N) is 1. The van der Waals surface area contributed by atoms with Crippen LogP contribution >= 0.6 is 0 Å². The van der Waals surface area contributed by atoms with Crippen LogP contribution in [0.4, 0.5) is 10.5 Å². The molecule has 1 unspecified atom stereocenters. The summed E-state index contributed by atoms with van der Waals surface area (Å²) in [6.07, 6.45) is 1.84. The van der Waals surface area contributed by atoms with Crippen LogP contribution in [0.3, 0.4) is 0 Å². The SMILES string of the molecule is CCC(=O)N(C(=O)NC(C)[C]=O)c1ccccc1. The van der Waals surface area contributed by atoms with Gasteiger partial charge in [-0.3, -0.25) is 9.59 Å². The summed E-state index contributed by atoms with van der Waals surface area (Å²) in [5.74, 6) is -0.336. The molecule has 95 valence electrons. The Morgan fingerprint density at radius 2 is 1.94 bits per heavy atom. The highest BCUT2D eigenvalue weighted by Gasteiger charge is 2.22. The summed E-state index contributed by atoms with van der Waals surface area (Å²) in [7, 11) is 0. The van der Waals surface area contributed by atoms with Crippen molar-refractivity contribution in [2.45, 2.75) is 26.3 Å². The van der Waals surface area contributed by atoms with Gasteiger partial charge in [-0.05, 0) is 19.1 Å². The lowest BCUT2D eigenvalue weighted by Gasteiger charge is -2.21. The highest BCUT2D eigenvalue weighted by atomic mass is 16.2. The number of carbonyl (C=O) groups is 2. The number of para-hydroxylation sites is 1. The van der Waals surface area contributed by atoms with Crippen molar-refractivity contribution < 1.29 is 14.4 Å². The first-order chi connectivity index (χ1) is 8.60. The second kappa shape index (κ2) is 6.54. The molecule has 1 radical (unpaired) electrons. The Labute approximate surface area is 106 Å². The molecular formula is C13H15N2O3. The Morgan fingerprint density at radius 3 is 2.44 bits per heavy atom. The van der Waals surface area contributed by atoms with Gasteiger partial charge >= 0.3 is 6.03 Å². The van der Waals surface area contributed by atoms with Crippen LogP contribution in [-0.2, 0) is 9.59 Å². The highest BCUT2D eigenvalue weighted by Crippen LogP contribution is 2.14. The second-order valence-corrected chi connectivity index (χ2v) is 3.71. The molecule has 3 amide bonds. The fraction of sp³-hybridized carbons (Fsp3) is 0.308. The molecule has 5 heteroatoms. The van der Waals surface area contributed by atoms with Crippen molar-refractivity contribution in [2.24, 2.45) is 0 Å². The van der Waals surface area contributed by atoms with Crippen LogP contribution in [0, 0.1) is 0 Å². The van der Waals surface area contributed by atoms with Gasteiger partial charge in [-0.15, -0.1) is 0 Å². The summed E-state index contributed by atoms with van der Waals surface area (Å²) in [6.45, 7) is 3.16. The first-order valence-corrected chi connectivity index (χ1v) is 5.66. The molecule has 1 rings (SSSR count). The standard InChI is InChI=1S/C13H15N2O3/c1-3-12(17)15(11-7-5-4-6-8-11)13(18)14-10(2)9-16/h4-8,10H,3H2,1-2H3,(H,14,18). The first-order valence-electron chi connectivity index (χ1n) is 5.66. The topological polar surface area (TPSA) is 66.5 Å². The Bertz CT molecular complexity index is 431. The van der Waals surface area contributed by atoms with Crippen LogP contribution < -0.4 is 10.2 Å². The van der Waals surface area contributed by atoms with Crippen molar-refractivity contribution in [3.8, 4) is 0 Å². The van der Waals surface area contributed by atoms with Crippen LogP contribution in [-0.4, -0.2) is 24.3 Å². The molecule has 0 heterocycles. The van der Waals surface area contributed by atoms with Crippen molar-refractivity contribution in [2.75, 3.05) is 4.90 Å². The largest absolute Gasteiger partial charge is 0.329 e. The predicted octanol–water partition coefficient (Wildman–Crippen LogP) is 1.64. The zero-order valence-electron chi connectivity index (χ0n) is 10.3. The lowest BCUT2D eigenvalue weighted by molar-refractivity contribution is -0.117. The van der Waals surface area contributed by atoms with E-state index in [1.807, 2.05) is 0 Å². The van der Waals surface area contributed by atoms with Gasteiger partial charge in [0, 0.05) is 6.42 Å². The molecule has 1 atom stereocenters. The Kier molecular flexibility index (Phi) is 5.05. The number of rotatable bonds is 4. The van der Waals surface area contributed by atoms with E-state index >= 15 is 0 Å². The van der Waals surface area contributed by atoms with Gasteiger partial charge in [-0.2, -0.15) is 0 Å². The maximum Gasteiger partial charge on any atom is 0.329 e. The van der Waals surface area contributed by atoms with E-state index in [2.05, 4.69) is 5.32 Å². The van der Waals surface area contributed by atoms with Crippen molar-refractivity contribution in [1.29, 1.82) is 0 Å². The Hall–Kier alpha value is -2.17. The summed E-state index contributed by atoms with van der Waals surface area (Å²) in [6, 6.07) is 7.18. The Morgan fingerprint density at radius 1 is 1.33 bits per heavy atom. The van der Waals surface area contributed by atoms with Crippen LogP contribution in [0.1, 0.15) is 20.3 Å². The number of benzene rings is 1. The number of anilines is 1.